The average Bonchev–Trinajstić information content (AvgIpc) is 2.66. The van der Waals surface area contributed by atoms with Crippen molar-refractivity contribution >= 4 is 15.9 Å². The van der Waals surface area contributed by atoms with Gasteiger partial charge in [-0.05, 0) is 44.0 Å². The Bertz CT molecular complexity index is 927. The first-order valence-electron chi connectivity index (χ1n) is 9.32. The minimum Gasteiger partial charge on any atom is -0.484 e. The number of aryl methyl sites for hydroxylation is 3. The fraction of sp³-hybridized carbons (Fsp3) is 0.381. The van der Waals surface area contributed by atoms with Gasteiger partial charge in [-0.1, -0.05) is 35.9 Å². The topological polar surface area (TPSA) is 66.9 Å². The summed E-state index contributed by atoms with van der Waals surface area (Å²) in [6, 6.07) is 12.9. The Labute approximate surface area is 166 Å². The Kier molecular flexibility index (Phi) is 6.05. The molecule has 0 unspecified atom stereocenters. The third kappa shape index (κ3) is 4.36. The van der Waals surface area contributed by atoms with E-state index in [0.717, 1.165) is 16.7 Å². The largest absolute Gasteiger partial charge is 0.484 e. The number of sulfonamides is 1. The fourth-order valence-corrected chi connectivity index (χ4v) is 5.47. The van der Waals surface area contributed by atoms with Crippen LogP contribution < -0.4 is 4.74 Å². The molecule has 6 nitrogen and oxygen atoms in total. The highest BCUT2D eigenvalue weighted by molar-refractivity contribution is 7.89. The van der Waals surface area contributed by atoms with E-state index in [4.69, 9.17) is 4.74 Å². The Morgan fingerprint density at radius 1 is 0.964 bits per heavy atom. The van der Waals surface area contributed by atoms with Crippen molar-refractivity contribution in [2.75, 3.05) is 32.8 Å². The summed E-state index contributed by atoms with van der Waals surface area (Å²) in [5, 5.41) is 0. The molecule has 1 fully saturated rings. The molecule has 0 spiro atoms. The monoisotopic (exact) mass is 402 g/mol. The van der Waals surface area contributed by atoms with Crippen molar-refractivity contribution in [1.82, 2.24) is 9.21 Å². The number of para-hydroxylation sites is 1. The minimum absolute atomic E-state index is 0.0487. The lowest BCUT2D eigenvalue weighted by Crippen LogP contribution is -2.51. The first kappa shape index (κ1) is 20.4. The summed E-state index contributed by atoms with van der Waals surface area (Å²) in [7, 11) is -3.58. The smallest absolute Gasteiger partial charge is 0.260 e. The predicted octanol–water partition coefficient (Wildman–Crippen LogP) is 2.52. The van der Waals surface area contributed by atoms with Gasteiger partial charge in [0.1, 0.15) is 5.75 Å². The number of amides is 1. The van der Waals surface area contributed by atoms with E-state index >= 15 is 0 Å². The standard InChI is InChI=1S/C21H26N2O4S/c1-16-13-17(2)21(18(3)14-16)28(25,26)23-11-9-22(10-12-23)20(24)15-27-19-7-5-4-6-8-19/h4-8,13-14H,9-12,15H2,1-3H3. The van der Waals surface area contributed by atoms with Gasteiger partial charge >= 0.3 is 0 Å². The summed E-state index contributed by atoms with van der Waals surface area (Å²) in [5.74, 6) is 0.506. The maximum Gasteiger partial charge on any atom is 0.260 e. The average molecular weight is 403 g/mol. The van der Waals surface area contributed by atoms with Crippen LogP contribution in [0.3, 0.4) is 0 Å². The summed E-state index contributed by atoms with van der Waals surface area (Å²) in [6.07, 6.45) is 0. The quantitative estimate of drug-likeness (QED) is 0.771. The molecule has 150 valence electrons. The van der Waals surface area contributed by atoms with Crippen molar-refractivity contribution in [3.63, 3.8) is 0 Å². The second kappa shape index (κ2) is 8.32. The second-order valence-corrected chi connectivity index (χ2v) is 8.99. The van der Waals surface area contributed by atoms with Crippen molar-refractivity contribution in [2.45, 2.75) is 25.7 Å². The maximum absolute atomic E-state index is 13.1. The molecule has 0 atom stereocenters. The Morgan fingerprint density at radius 2 is 1.54 bits per heavy atom. The Morgan fingerprint density at radius 3 is 2.11 bits per heavy atom. The van der Waals surface area contributed by atoms with Gasteiger partial charge in [0.15, 0.2) is 6.61 Å². The number of rotatable bonds is 5. The summed E-state index contributed by atoms with van der Waals surface area (Å²) < 4.78 is 33.2. The van der Waals surface area contributed by atoms with Crippen LogP contribution in [0.4, 0.5) is 0 Å². The lowest BCUT2D eigenvalue weighted by Gasteiger charge is -2.34. The second-order valence-electron chi connectivity index (χ2n) is 7.11. The van der Waals surface area contributed by atoms with Crippen LogP contribution in [0.25, 0.3) is 0 Å². The highest BCUT2D eigenvalue weighted by atomic mass is 32.2. The van der Waals surface area contributed by atoms with Crippen LogP contribution in [0.5, 0.6) is 5.75 Å². The molecule has 1 saturated heterocycles. The van der Waals surface area contributed by atoms with E-state index in [1.807, 2.05) is 51.1 Å². The number of benzene rings is 2. The van der Waals surface area contributed by atoms with E-state index < -0.39 is 10.0 Å². The molecule has 1 aliphatic rings. The number of hydrogen-bond acceptors (Lipinski definition) is 4. The van der Waals surface area contributed by atoms with Crippen LogP contribution in [0.1, 0.15) is 16.7 Å². The molecule has 2 aromatic rings. The number of carbonyl (C=O) groups excluding carboxylic acids is 1. The summed E-state index contributed by atoms with van der Waals surface area (Å²) >= 11 is 0. The summed E-state index contributed by atoms with van der Waals surface area (Å²) in [4.78, 5) is 14.4. The molecule has 0 bridgehead atoms. The van der Waals surface area contributed by atoms with Crippen molar-refractivity contribution in [3.05, 3.63) is 59.2 Å². The zero-order valence-corrected chi connectivity index (χ0v) is 17.3. The van der Waals surface area contributed by atoms with Crippen molar-refractivity contribution in [3.8, 4) is 5.75 Å². The van der Waals surface area contributed by atoms with Gasteiger partial charge < -0.3 is 9.64 Å². The van der Waals surface area contributed by atoms with Crippen LogP contribution in [-0.2, 0) is 14.8 Å². The first-order valence-corrected chi connectivity index (χ1v) is 10.8. The highest BCUT2D eigenvalue weighted by Gasteiger charge is 2.32. The van der Waals surface area contributed by atoms with Gasteiger partial charge in [-0.2, -0.15) is 4.31 Å². The molecule has 3 rings (SSSR count). The lowest BCUT2D eigenvalue weighted by molar-refractivity contribution is -0.134. The molecule has 0 radical (unpaired) electrons. The van der Waals surface area contributed by atoms with Crippen molar-refractivity contribution in [1.29, 1.82) is 0 Å². The number of carbonyl (C=O) groups is 1. The van der Waals surface area contributed by atoms with Gasteiger partial charge in [0.05, 0.1) is 4.90 Å². The molecule has 1 heterocycles. The first-order chi connectivity index (χ1) is 13.3. The molecule has 1 amide bonds. The lowest BCUT2D eigenvalue weighted by atomic mass is 10.1. The molecular weight excluding hydrogens is 376 g/mol. The SMILES string of the molecule is Cc1cc(C)c(S(=O)(=O)N2CCN(C(=O)COc3ccccc3)CC2)c(C)c1. The van der Waals surface area contributed by atoms with E-state index in [9.17, 15) is 13.2 Å². The van der Waals surface area contributed by atoms with Crippen molar-refractivity contribution < 1.29 is 17.9 Å². The third-order valence-corrected chi connectivity index (χ3v) is 7.10. The number of nitrogens with zero attached hydrogens (tertiary/aromatic N) is 2. The fourth-order valence-electron chi connectivity index (χ4n) is 3.63. The van der Waals surface area contributed by atoms with Crippen LogP contribution in [0, 0.1) is 20.8 Å². The molecular formula is C21H26N2O4S. The molecule has 0 N–H and O–H groups in total. The van der Waals surface area contributed by atoms with E-state index in [1.165, 1.54) is 4.31 Å². The van der Waals surface area contributed by atoms with Gasteiger partial charge in [-0.15, -0.1) is 0 Å². The van der Waals surface area contributed by atoms with Crippen LogP contribution in [0.15, 0.2) is 47.4 Å². The van der Waals surface area contributed by atoms with E-state index in [1.54, 1.807) is 17.0 Å². The molecule has 0 saturated carbocycles. The highest BCUT2D eigenvalue weighted by Crippen LogP contribution is 2.26. The Balaban J connectivity index is 1.62. The zero-order chi connectivity index (χ0) is 20.3. The summed E-state index contributed by atoms with van der Waals surface area (Å²) in [5.41, 5.74) is 2.56. The van der Waals surface area contributed by atoms with Gasteiger partial charge in [-0.25, -0.2) is 8.42 Å². The van der Waals surface area contributed by atoms with Gasteiger partial charge in [-0.3, -0.25) is 4.79 Å². The summed E-state index contributed by atoms with van der Waals surface area (Å²) in [6.45, 7) is 6.85. The molecule has 7 heteroatoms. The van der Waals surface area contributed by atoms with Crippen LogP contribution in [0.2, 0.25) is 0 Å². The van der Waals surface area contributed by atoms with Gasteiger partial charge in [0.25, 0.3) is 5.91 Å². The minimum atomic E-state index is -3.58. The third-order valence-electron chi connectivity index (χ3n) is 4.90. The predicted molar refractivity (Wildman–Crippen MR) is 108 cm³/mol. The Hall–Kier alpha value is -2.38. The molecule has 1 aliphatic heterocycles. The van der Waals surface area contributed by atoms with E-state index in [2.05, 4.69) is 0 Å². The van der Waals surface area contributed by atoms with E-state index in [-0.39, 0.29) is 25.6 Å². The molecule has 28 heavy (non-hydrogen) atoms. The maximum atomic E-state index is 13.1. The van der Waals surface area contributed by atoms with Gasteiger partial charge in [0, 0.05) is 26.2 Å². The normalized spacial score (nSPS) is 15.5. The molecule has 2 aromatic carbocycles. The molecule has 0 aliphatic carbocycles. The molecule has 0 aromatic heterocycles. The van der Waals surface area contributed by atoms with Crippen LogP contribution in [-0.4, -0.2) is 56.3 Å². The zero-order valence-electron chi connectivity index (χ0n) is 16.5. The van der Waals surface area contributed by atoms with Gasteiger partial charge in [0.2, 0.25) is 10.0 Å². The number of ether oxygens (including phenoxy) is 1. The number of piperazine rings is 1. The van der Waals surface area contributed by atoms with Crippen LogP contribution >= 0.6 is 0 Å². The number of hydrogen-bond donors (Lipinski definition) is 0. The van der Waals surface area contributed by atoms with Crippen molar-refractivity contribution in [2.24, 2.45) is 0 Å². The van der Waals surface area contributed by atoms with E-state index in [0.29, 0.717) is 23.7 Å².